The average Bonchev–Trinajstić information content (AvgIpc) is 2.50. The third-order valence-electron chi connectivity index (χ3n) is 3.75. The Balaban J connectivity index is 2.78. The van der Waals surface area contributed by atoms with Crippen molar-refractivity contribution in [2.45, 2.75) is 52.7 Å². The van der Waals surface area contributed by atoms with E-state index in [0.29, 0.717) is 32.6 Å². The molecule has 1 aliphatic rings. The van der Waals surface area contributed by atoms with Gasteiger partial charge in [0, 0.05) is 31.8 Å². The highest BCUT2D eigenvalue weighted by molar-refractivity contribution is 5.84. The summed E-state index contributed by atoms with van der Waals surface area (Å²) in [5.74, 6) is -0.107. The van der Waals surface area contributed by atoms with Crippen LogP contribution in [0.1, 0.15) is 41.0 Å². The summed E-state index contributed by atoms with van der Waals surface area (Å²) in [5, 5.41) is 12.0. The Morgan fingerprint density at radius 2 is 1.68 bits per heavy atom. The van der Waals surface area contributed by atoms with E-state index in [-0.39, 0.29) is 24.3 Å². The monoisotopic (exact) mass is 355 g/mol. The number of nitrogens with two attached hydrogens (primary N) is 1. The van der Waals surface area contributed by atoms with Crippen LogP contribution in [-0.2, 0) is 14.3 Å². The molecule has 0 saturated carbocycles. The van der Waals surface area contributed by atoms with Crippen molar-refractivity contribution in [3.05, 3.63) is 0 Å². The van der Waals surface area contributed by atoms with Crippen molar-refractivity contribution in [2.24, 2.45) is 16.6 Å². The fourth-order valence-electron chi connectivity index (χ4n) is 2.59. The molecule has 0 spiro atoms. The number of carbonyl (C=O) groups is 2. The summed E-state index contributed by atoms with van der Waals surface area (Å²) in [6.07, 6.45) is -0.247. The molecule has 1 heterocycles. The molecule has 2 amide bonds. The highest BCUT2D eigenvalue weighted by atomic mass is 16.6. The lowest BCUT2D eigenvalue weighted by atomic mass is 10.0. The summed E-state index contributed by atoms with van der Waals surface area (Å²) in [4.78, 5) is 31.7. The zero-order valence-electron chi connectivity index (χ0n) is 15.9. The van der Waals surface area contributed by atoms with E-state index in [9.17, 15) is 14.7 Å². The second-order valence-corrected chi connectivity index (χ2v) is 7.66. The largest absolute Gasteiger partial charge is 0.595 e. The molecule has 0 aromatic carbocycles. The van der Waals surface area contributed by atoms with Crippen LogP contribution in [-0.4, -0.2) is 72.1 Å². The fraction of sp³-hybridized carbons (Fsp3) is 0.824. The number of hydrogen-bond acceptors (Lipinski definition) is 6. The Hall–Kier alpha value is -1.83. The molecular formula is C17H31N4O4-. The molecule has 25 heavy (non-hydrogen) atoms. The van der Waals surface area contributed by atoms with Crippen molar-refractivity contribution in [1.29, 1.82) is 0 Å². The van der Waals surface area contributed by atoms with E-state index in [1.807, 2.05) is 13.8 Å². The lowest BCUT2D eigenvalue weighted by molar-refractivity contribution is -0.261. The molecule has 1 rings (SSSR count). The van der Waals surface area contributed by atoms with Gasteiger partial charge in [0.05, 0.1) is 6.54 Å². The predicted molar refractivity (Wildman–Crippen MR) is 93.7 cm³/mol. The summed E-state index contributed by atoms with van der Waals surface area (Å²) < 4.78 is 5.21. The maximum Gasteiger partial charge on any atom is 0.247 e. The van der Waals surface area contributed by atoms with Gasteiger partial charge in [-0.05, 0) is 12.3 Å². The SMILES string of the molecule is CC(C)C[C@H](N=C([O-])OC(C)(C)C)C(=O)N1CCN(C(=O)CN)CC1. The Labute approximate surface area is 150 Å². The number of aliphatic imine (C=N–C) groups is 1. The molecule has 1 fully saturated rings. The molecule has 1 aliphatic heterocycles. The maximum atomic E-state index is 12.8. The van der Waals surface area contributed by atoms with Crippen molar-refractivity contribution < 1.29 is 19.4 Å². The highest BCUT2D eigenvalue weighted by Crippen LogP contribution is 2.15. The van der Waals surface area contributed by atoms with Gasteiger partial charge in [0.1, 0.15) is 12.1 Å². The van der Waals surface area contributed by atoms with Crippen LogP contribution in [0.2, 0.25) is 0 Å². The van der Waals surface area contributed by atoms with Crippen LogP contribution in [0.25, 0.3) is 0 Å². The molecule has 0 bridgehead atoms. The molecule has 0 aliphatic carbocycles. The molecule has 0 radical (unpaired) electrons. The molecule has 8 heteroatoms. The number of nitrogens with zero attached hydrogens (tertiary/aromatic N) is 3. The zero-order valence-corrected chi connectivity index (χ0v) is 15.9. The minimum atomic E-state index is -0.758. The van der Waals surface area contributed by atoms with Crippen molar-refractivity contribution in [1.82, 2.24) is 9.80 Å². The molecule has 8 nitrogen and oxygen atoms in total. The highest BCUT2D eigenvalue weighted by Gasteiger charge is 2.29. The van der Waals surface area contributed by atoms with Gasteiger partial charge in [-0.1, -0.05) is 34.6 Å². The number of piperazine rings is 1. The summed E-state index contributed by atoms with van der Waals surface area (Å²) in [5.41, 5.74) is 4.71. The summed E-state index contributed by atoms with van der Waals surface area (Å²) in [7, 11) is 0. The third-order valence-corrected chi connectivity index (χ3v) is 3.75. The van der Waals surface area contributed by atoms with Crippen LogP contribution in [0.15, 0.2) is 4.99 Å². The minimum absolute atomic E-state index is 0.0299. The van der Waals surface area contributed by atoms with Crippen LogP contribution in [0.5, 0.6) is 0 Å². The first-order chi connectivity index (χ1) is 11.5. The van der Waals surface area contributed by atoms with Crippen LogP contribution in [0.3, 0.4) is 0 Å². The lowest BCUT2D eigenvalue weighted by Crippen LogP contribution is -2.54. The van der Waals surface area contributed by atoms with Gasteiger partial charge in [0.15, 0.2) is 0 Å². The summed E-state index contributed by atoms with van der Waals surface area (Å²) >= 11 is 0. The second kappa shape index (κ2) is 9.03. The Kier molecular flexibility index (Phi) is 7.66. The lowest BCUT2D eigenvalue weighted by Gasteiger charge is -2.36. The number of carbonyl (C=O) groups excluding carboxylic acids is 2. The number of rotatable bonds is 5. The van der Waals surface area contributed by atoms with Crippen LogP contribution >= 0.6 is 0 Å². The van der Waals surface area contributed by atoms with Crippen molar-refractivity contribution in [3.8, 4) is 0 Å². The van der Waals surface area contributed by atoms with E-state index < -0.39 is 17.7 Å². The van der Waals surface area contributed by atoms with Gasteiger partial charge in [-0.25, -0.2) is 0 Å². The van der Waals surface area contributed by atoms with Gasteiger partial charge >= 0.3 is 0 Å². The van der Waals surface area contributed by atoms with E-state index in [0.717, 1.165) is 0 Å². The normalized spacial score (nSPS) is 17.6. The van der Waals surface area contributed by atoms with Crippen molar-refractivity contribution in [3.63, 3.8) is 0 Å². The van der Waals surface area contributed by atoms with Gasteiger partial charge in [-0.15, -0.1) is 0 Å². The van der Waals surface area contributed by atoms with E-state index in [1.54, 1.807) is 30.6 Å². The first-order valence-electron chi connectivity index (χ1n) is 8.74. The molecular weight excluding hydrogens is 324 g/mol. The first-order valence-corrected chi connectivity index (χ1v) is 8.74. The molecule has 0 aromatic heterocycles. The Morgan fingerprint density at radius 1 is 1.16 bits per heavy atom. The molecule has 1 atom stereocenters. The predicted octanol–water partition coefficient (Wildman–Crippen LogP) is -0.438. The van der Waals surface area contributed by atoms with Gasteiger partial charge in [0.2, 0.25) is 11.8 Å². The Morgan fingerprint density at radius 3 is 2.12 bits per heavy atom. The molecule has 2 N–H and O–H groups in total. The van der Waals surface area contributed by atoms with Gasteiger partial charge < -0.3 is 25.4 Å². The summed E-state index contributed by atoms with van der Waals surface area (Å²) in [6, 6.07) is -0.758. The fourth-order valence-corrected chi connectivity index (χ4v) is 2.59. The first kappa shape index (κ1) is 21.2. The van der Waals surface area contributed by atoms with Gasteiger partial charge in [-0.2, -0.15) is 0 Å². The molecule has 1 saturated heterocycles. The second-order valence-electron chi connectivity index (χ2n) is 7.66. The number of hydrogen-bond donors (Lipinski definition) is 1. The minimum Gasteiger partial charge on any atom is -0.595 e. The average molecular weight is 355 g/mol. The van der Waals surface area contributed by atoms with Crippen molar-refractivity contribution >= 4 is 17.9 Å². The smallest absolute Gasteiger partial charge is 0.247 e. The van der Waals surface area contributed by atoms with Crippen LogP contribution < -0.4 is 10.8 Å². The topological polar surface area (TPSA) is 111 Å². The Bertz CT molecular complexity index is 491. The quantitative estimate of drug-likeness (QED) is 0.531. The van der Waals surface area contributed by atoms with E-state index >= 15 is 0 Å². The van der Waals surface area contributed by atoms with Gasteiger partial charge in [0.25, 0.3) is 0 Å². The molecule has 0 unspecified atom stereocenters. The number of amides is 2. The zero-order chi connectivity index (χ0) is 19.2. The van der Waals surface area contributed by atoms with E-state index in [1.165, 1.54) is 0 Å². The van der Waals surface area contributed by atoms with Crippen LogP contribution in [0.4, 0.5) is 0 Å². The standard InChI is InChI=1S/C17H32N4O4/c1-12(2)10-13(19-16(24)25-17(3,4)5)15(23)21-8-6-20(7-9-21)14(22)11-18/h12-13H,6-11,18H2,1-5H3,(H,19,24)/p-1/t13-/m0/s1. The summed E-state index contributed by atoms with van der Waals surface area (Å²) in [6.45, 7) is 10.9. The van der Waals surface area contributed by atoms with E-state index in [4.69, 9.17) is 10.5 Å². The number of ether oxygens (including phenoxy) is 1. The molecule has 0 aromatic rings. The van der Waals surface area contributed by atoms with Crippen LogP contribution in [0, 0.1) is 5.92 Å². The van der Waals surface area contributed by atoms with E-state index in [2.05, 4.69) is 4.99 Å². The van der Waals surface area contributed by atoms with Crippen molar-refractivity contribution in [2.75, 3.05) is 32.7 Å². The van der Waals surface area contributed by atoms with Gasteiger partial charge in [-0.3, -0.25) is 14.6 Å². The molecule has 144 valence electrons. The maximum absolute atomic E-state index is 12.8. The third kappa shape index (κ3) is 7.29.